The van der Waals surface area contributed by atoms with Crippen molar-refractivity contribution in [1.29, 1.82) is 0 Å². The smallest absolute Gasteiger partial charge is 0.0298 e. The fraction of sp³-hybridized carbons (Fsp3) is 0.615. The van der Waals surface area contributed by atoms with Crippen LogP contribution < -0.4 is 0 Å². The van der Waals surface area contributed by atoms with Crippen molar-refractivity contribution in [2.75, 3.05) is 6.17 Å². The zero-order chi connectivity index (χ0) is 11.3. The van der Waals surface area contributed by atoms with Crippen LogP contribution in [0, 0.1) is 11.8 Å². The van der Waals surface area contributed by atoms with Gasteiger partial charge in [0.05, 0.1) is 0 Å². The van der Waals surface area contributed by atoms with E-state index in [1.807, 2.05) is 0 Å². The highest BCUT2D eigenvalue weighted by molar-refractivity contribution is 6.09. The molecule has 0 radical (unpaired) electrons. The molecule has 0 heterocycles. The highest BCUT2D eigenvalue weighted by Crippen LogP contribution is 2.29. The molecule has 0 aliphatic heterocycles. The van der Waals surface area contributed by atoms with Crippen molar-refractivity contribution in [3.8, 4) is 0 Å². The maximum absolute atomic E-state index is 4.39. The largest absolute Gasteiger partial charge is 0.297 e. The van der Waals surface area contributed by atoms with Crippen molar-refractivity contribution in [3.05, 3.63) is 23.3 Å². The van der Waals surface area contributed by atoms with E-state index in [1.165, 1.54) is 12.0 Å². The van der Waals surface area contributed by atoms with Crippen LogP contribution in [0.5, 0.6) is 0 Å². The third kappa shape index (κ3) is 3.45. The number of allylic oxidation sites excluding steroid dienone is 4. The Hall–Kier alpha value is -0.633. The summed E-state index contributed by atoms with van der Waals surface area (Å²) in [7, 11) is 1.16. The van der Waals surface area contributed by atoms with Crippen LogP contribution in [0.4, 0.5) is 0 Å². The van der Waals surface area contributed by atoms with E-state index in [0.29, 0.717) is 0 Å². The van der Waals surface area contributed by atoms with E-state index in [1.54, 1.807) is 5.57 Å². The Morgan fingerprint density at radius 2 is 2.33 bits per heavy atom. The van der Waals surface area contributed by atoms with Crippen LogP contribution in [0.2, 0.25) is 0 Å². The van der Waals surface area contributed by atoms with Gasteiger partial charge in [0.15, 0.2) is 0 Å². The van der Waals surface area contributed by atoms with E-state index in [9.17, 15) is 0 Å². The molecule has 1 nitrogen and oxygen atoms in total. The Kier molecular flexibility index (Phi) is 5.02. The predicted octanol–water partition coefficient (Wildman–Crippen LogP) is 2.32. The monoisotopic (exact) mass is 221 g/mol. The summed E-state index contributed by atoms with van der Waals surface area (Å²) in [5, 5.41) is 0. The van der Waals surface area contributed by atoms with Crippen LogP contribution in [0.3, 0.4) is 0 Å². The molecule has 15 heavy (non-hydrogen) atoms. The molecule has 0 N–H and O–H groups in total. The molecular weight excluding hydrogens is 198 g/mol. The summed E-state index contributed by atoms with van der Waals surface area (Å²) in [6, 6.07) is 0. The van der Waals surface area contributed by atoms with E-state index in [4.69, 9.17) is 0 Å². The molecule has 1 rings (SSSR count). The van der Waals surface area contributed by atoms with Crippen LogP contribution in [-0.2, 0) is 0 Å². The molecule has 1 aliphatic carbocycles. The van der Waals surface area contributed by atoms with Crippen molar-refractivity contribution < 1.29 is 0 Å². The van der Waals surface area contributed by atoms with Crippen LogP contribution in [-0.4, -0.2) is 22.6 Å². The van der Waals surface area contributed by atoms with Gasteiger partial charge >= 0.3 is 0 Å². The molecule has 0 amide bonds. The summed E-state index contributed by atoms with van der Waals surface area (Å²) in [4.78, 5) is 4.39. The van der Waals surface area contributed by atoms with E-state index in [-0.39, 0.29) is 0 Å². The molecule has 2 heteroatoms. The van der Waals surface area contributed by atoms with Gasteiger partial charge in [-0.2, -0.15) is 0 Å². The van der Waals surface area contributed by atoms with Crippen molar-refractivity contribution in [2.45, 2.75) is 33.6 Å². The second-order valence-electron chi connectivity index (χ2n) is 4.51. The lowest BCUT2D eigenvalue weighted by Crippen LogP contribution is -2.11. The minimum atomic E-state index is 0.730. The molecule has 0 saturated heterocycles. The Bertz CT molecular complexity index is 287. The Balaban J connectivity index is 2.78. The second-order valence-corrected chi connectivity index (χ2v) is 5.14. The first kappa shape index (κ1) is 12.4. The summed E-state index contributed by atoms with van der Waals surface area (Å²) < 4.78 is 0. The first-order valence-corrected chi connectivity index (χ1v) is 7.50. The number of rotatable bonds is 4. The third-order valence-corrected chi connectivity index (χ3v) is 3.47. The molecule has 0 aromatic heterocycles. The van der Waals surface area contributed by atoms with E-state index in [0.717, 1.165) is 34.7 Å². The first-order valence-electron chi connectivity index (χ1n) is 6.09. The Morgan fingerprint density at radius 3 is 2.87 bits per heavy atom. The second kappa shape index (κ2) is 6.06. The molecule has 1 aliphatic rings. The third-order valence-electron chi connectivity index (χ3n) is 3.11. The van der Waals surface area contributed by atoms with Gasteiger partial charge in [-0.25, -0.2) is 0 Å². The maximum atomic E-state index is 4.39. The Morgan fingerprint density at radius 1 is 1.60 bits per heavy atom. The SMILES string of the molecule is CCC1=C(C=NC[SiH3])C=C[C@@H](C(C)C)C1. The first-order chi connectivity index (χ1) is 7.19. The normalized spacial score (nSPS) is 22.3. The number of hydrogen-bond donors (Lipinski definition) is 0. The topological polar surface area (TPSA) is 12.4 Å². The maximum Gasteiger partial charge on any atom is 0.0298 e. The Labute approximate surface area is 96.8 Å². The van der Waals surface area contributed by atoms with Gasteiger partial charge < -0.3 is 0 Å². The van der Waals surface area contributed by atoms with Crippen molar-refractivity contribution in [3.63, 3.8) is 0 Å². The van der Waals surface area contributed by atoms with Crippen LogP contribution in [0.25, 0.3) is 0 Å². The zero-order valence-corrected chi connectivity index (χ0v) is 12.5. The van der Waals surface area contributed by atoms with Gasteiger partial charge in [0.25, 0.3) is 0 Å². The quantitative estimate of drug-likeness (QED) is 0.510. The lowest BCUT2D eigenvalue weighted by Gasteiger charge is -2.23. The van der Waals surface area contributed by atoms with E-state index in [2.05, 4.69) is 44.1 Å². The average molecular weight is 221 g/mol. The molecule has 0 aromatic rings. The minimum absolute atomic E-state index is 0.730. The molecule has 0 unspecified atom stereocenters. The van der Waals surface area contributed by atoms with Gasteiger partial charge in [0, 0.05) is 22.6 Å². The summed E-state index contributed by atoms with van der Waals surface area (Å²) in [5.41, 5.74) is 2.94. The van der Waals surface area contributed by atoms with E-state index >= 15 is 0 Å². The summed E-state index contributed by atoms with van der Waals surface area (Å²) in [5.74, 6) is 1.48. The minimum Gasteiger partial charge on any atom is -0.297 e. The molecule has 0 saturated carbocycles. The summed E-state index contributed by atoms with van der Waals surface area (Å²) in [6.45, 7) is 6.86. The predicted molar refractivity (Wildman–Crippen MR) is 72.7 cm³/mol. The number of aliphatic imine (C=N–C) groups is 1. The number of nitrogens with zero attached hydrogens (tertiary/aromatic N) is 1. The lowest BCUT2D eigenvalue weighted by molar-refractivity contribution is 0.454. The van der Waals surface area contributed by atoms with Gasteiger partial charge in [-0.3, -0.25) is 4.99 Å². The molecule has 0 bridgehead atoms. The molecule has 0 spiro atoms. The zero-order valence-electron chi connectivity index (χ0n) is 10.5. The fourth-order valence-corrected chi connectivity index (χ4v) is 2.13. The molecule has 0 fully saturated rings. The van der Waals surface area contributed by atoms with Crippen LogP contribution >= 0.6 is 0 Å². The van der Waals surface area contributed by atoms with Gasteiger partial charge in [0.1, 0.15) is 0 Å². The highest BCUT2D eigenvalue weighted by atomic mass is 28.1. The summed E-state index contributed by atoms with van der Waals surface area (Å²) in [6.07, 6.45) is 10.1. The lowest BCUT2D eigenvalue weighted by atomic mass is 9.82. The van der Waals surface area contributed by atoms with Crippen molar-refractivity contribution in [1.82, 2.24) is 0 Å². The van der Waals surface area contributed by atoms with Gasteiger partial charge in [-0.1, -0.05) is 38.5 Å². The van der Waals surface area contributed by atoms with E-state index < -0.39 is 0 Å². The standard InChI is InChI=1S/C13H23NSi/c1-4-11-7-12(10(2)3)5-6-13(11)8-14-9-15/h5-6,8,10,12H,4,7,9H2,1-3,15H3/t12-/m1/s1. The number of hydrogen-bond acceptors (Lipinski definition) is 1. The molecule has 1 atom stereocenters. The molecule has 0 aromatic carbocycles. The van der Waals surface area contributed by atoms with Crippen LogP contribution in [0.15, 0.2) is 28.3 Å². The van der Waals surface area contributed by atoms with Crippen molar-refractivity contribution >= 4 is 16.5 Å². The average Bonchev–Trinajstić information content (AvgIpc) is 2.25. The fourth-order valence-electron chi connectivity index (χ4n) is 1.95. The van der Waals surface area contributed by atoms with Crippen LogP contribution in [0.1, 0.15) is 33.6 Å². The van der Waals surface area contributed by atoms with Gasteiger partial charge in [-0.15, -0.1) is 0 Å². The molecule has 84 valence electrons. The van der Waals surface area contributed by atoms with Crippen molar-refractivity contribution in [2.24, 2.45) is 16.8 Å². The van der Waals surface area contributed by atoms with Gasteiger partial charge in [0.2, 0.25) is 0 Å². The summed E-state index contributed by atoms with van der Waals surface area (Å²) >= 11 is 0. The highest BCUT2D eigenvalue weighted by Gasteiger charge is 2.16. The van der Waals surface area contributed by atoms with Gasteiger partial charge in [-0.05, 0) is 30.3 Å². The molecular formula is C13H23NSi.